The van der Waals surface area contributed by atoms with Crippen LogP contribution in [-0.2, 0) is 0 Å². The van der Waals surface area contributed by atoms with E-state index >= 15 is 0 Å². The minimum atomic E-state index is 0.624. The van der Waals surface area contributed by atoms with Crippen molar-refractivity contribution in [3.05, 3.63) is 146 Å². The summed E-state index contributed by atoms with van der Waals surface area (Å²) >= 11 is 0. The highest BCUT2D eigenvalue weighted by Crippen LogP contribution is 2.41. The van der Waals surface area contributed by atoms with Gasteiger partial charge >= 0.3 is 0 Å². The van der Waals surface area contributed by atoms with Gasteiger partial charge in [0.25, 0.3) is 0 Å². The van der Waals surface area contributed by atoms with Gasteiger partial charge in [0.2, 0.25) is 0 Å². The van der Waals surface area contributed by atoms with E-state index < -0.39 is 0 Å². The van der Waals surface area contributed by atoms with Gasteiger partial charge in [-0.25, -0.2) is 0 Å². The Balaban J connectivity index is 1.22. The third kappa shape index (κ3) is 4.95. The van der Waals surface area contributed by atoms with E-state index in [1.807, 2.05) is 24.3 Å². The number of rotatable bonds is 8. The molecule has 0 fully saturated rings. The number of hydrogen-bond acceptors (Lipinski definition) is 3. The molecule has 0 saturated carbocycles. The molecule has 2 aromatic heterocycles. The second-order valence-electron chi connectivity index (χ2n) is 12.3. The van der Waals surface area contributed by atoms with E-state index in [-0.39, 0.29) is 0 Å². The second kappa shape index (κ2) is 11.4. The lowest BCUT2D eigenvalue weighted by Gasteiger charge is -2.25. The first-order valence-corrected chi connectivity index (χ1v) is 16.1. The maximum absolute atomic E-state index is 6.31. The van der Waals surface area contributed by atoms with Crippen molar-refractivity contribution in [2.45, 2.75) is 26.7 Å². The van der Waals surface area contributed by atoms with Crippen molar-refractivity contribution in [1.29, 1.82) is 0 Å². The lowest BCUT2D eigenvalue weighted by Crippen LogP contribution is -2.09. The van der Waals surface area contributed by atoms with Crippen LogP contribution in [0.15, 0.2) is 149 Å². The Morgan fingerprint density at radius 2 is 1.11 bits per heavy atom. The molecule has 46 heavy (non-hydrogen) atoms. The van der Waals surface area contributed by atoms with Crippen molar-refractivity contribution in [2.75, 3.05) is 4.90 Å². The fourth-order valence-corrected chi connectivity index (χ4v) is 6.56. The average Bonchev–Trinajstić information content (AvgIpc) is 3.66. The molecule has 0 bridgehead atoms. The Morgan fingerprint density at radius 1 is 0.565 bits per heavy atom. The number of benzene rings is 6. The van der Waals surface area contributed by atoms with Gasteiger partial charge in [-0.15, -0.1) is 0 Å². The molecule has 0 saturated heterocycles. The van der Waals surface area contributed by atoms with Crippen molar-refractivity contribution >= 4 is 66.5 Å². The summed E-state index contributed by atoms with van der Waals surface area (Å²) in [6.45, 7) is 8.93. The predicted octanol–water partition coefficient (Wildman–Crippen LogP) is 13.1. The second-order valence-corrected chi connectivity index (χ2v) is 12.3. The van der Waals surface area contributed by atoms with Gasteiger partial charge in [-0.1, -0.05) is 93.6 Å². The molecule has 1 unspecified atom stereocenters. The number of para-hydroxylation sites is 2. The highest BCUT2D eigenvalue weighted by molar-refractivity contribution is 6.07. The summed E-state index contributed by atoms with van der Waals surface area (Å²) in [5.74, 6) is 0.624. The zero-order valence-corrected chi connectivity index (χ0v) is 26.2. The van der Waals surface area contributed by atoms with E-state index in [0.29, 0.717) is 5.92 Å². The first kappa shape index (κ1) is 28.0. The molecule has 224 valence electrons. The Labute approximate surface area is 269 Å². The SMILES string of the molecule is C=C(CC(C)CC)c1cccc(-c2ccc(N(c3ccc4c(c3)oc3ccccc34)c3ccc4c(c3)oc3ccccc34)cc2)c1. The van der Waals surface area contributed by atoms with E-state index in [1.54, 1.807) is 0 Å². The topological polar surface area (TPSA) is 29.5 Å². The number of anilines is 3. The summed E-state index contributed by atoms with van der Waals surface area (Å²) in [5.41, 5.74) is 11.3. The minimum absolute atomic E-state index is 0.624. The fourth-order valence-electron chi connectivity index (χ4n) is 6.56. The molecule has 0 spiro atoms. The third-order valence-electron chi connectivity index (χ3n) is 9.26. The number of nitrogens with zero attached hydrogens (tertiary/aromatic N) is 1. The smallest absolute Gasteiger partial charge is 0.137 e. The van der Waals surface area contributed by atoms with Crippen LogP contribution in [0.5, 0.6) is 0 Å². The Hall–Kier alpha value is -5.54. The van der Waals surface area contributed by atoms with Crippen LogP contribution < -0.4 is 4.90 Å². The van der Waals surface area contributed by atoms with Gasteiger partial charge in [-0.3, -0.25) is 0 Å². The molecule has 8 rings (SSSR count). The number of furan rings is 2. The molecule has 0 aliphatic heterocycles. The fraction of sp³-hybridized carbons (Fsp3) is 0.116. The van der Waals surface area contributed by atoms with Crippen molar-refractivity contribution in [3.63, 3.8) is 0 Å². The predicted molar refractivity (Wildman–Crippen MR) is 194 cm³/mol. The summed E-state index contributed by atoms with van der Waals surface area (Å²) in [7, 11) is 0. The van der Waals surface area contributed by atoms with Crippen molar-refractivity contribution in [1.82, 2.24) is 0 Å². The zero-order chi connectivity index (χ0) is 31.2. The zero-order valence-electron chi connectivity index (χ0n) is 26.2. The summed E-state index contributed by atoms with van der Waals surface area (Å²) in [4.78, 5) is 2.27. The average molecular weight is 598 g/mol. The molecule has 0 amide bonds. The van der Waals surface area contributed by atoms with Crippen LogP contribution >= 0.6 is 0 Å². The summed E-state index contributed by atoms with van der Waals surface area (Å²) in [5, 5.41) is 4.46. The molecular formula is C43H35NO2. The largest absolute Gasteiger partial charge is 0.456 e. The minimum Gasteiger partial charge on any atom is -0.456 e. The van der Waals surface area contributed by atoms with Crippen molar-refractivity contribution in [3.8, 4) is 11.1 Å². The molecule has 0 radical (unpaired) electrons. The van der Waals surface area contributed by atoms with E-state index in [4.69, 9.17) is 8.83 Å². The summed E-state index contributed by atoms with van der Waals surface area (Å²) in [6, 6.07) is 46.9. The van der Waals surface area contributed by atoms with Gasteiger partial charge in [-0.2, -0.15) is 0 Å². The molecule has 8 aromatic rings. The van der Waals surface area contributed by atoms with E-state index in [1.165, 1.54) is 22.3 Å². The first-order valence-electron chi connectivity index (χ1n) is 16.1. The van der Waals surface area contributed by atoms with Crippen LogP contribution in [0.25, 0.3) is 60.6 Å². The lowest BCUT2D eigenvalue weighted by molar-refractivity contribution is 0.580. The maximum Gasteiger partial charge on any atom is 0.137 e. The van der Waals surface area contributed by atoms with Crippen molar-refractivity contribution in [2.24, 2.45) is 5.92 Å². The van der Waals surface area contributed by atoms with Gasteiger partial charge in [0.15, 0.2) is 0 Å². The summed E-state index contributed by atoms with van der Waals surface area (Å²) < 4.78 is 12.6. The van der Waals surface area contributed by atoms with E-state index in [9.17, 15) is 0 Å². The van der Waals surface area contributed by atoms with Gasteiger partial charge in [0.1, 0.15) is 22.3 Å². The maximum atomic E-state index is 6.31. The quantitative estimate of drug-likeness (QED) is 0.174. The normalized spacial score (nSPS) is 12.3. The molecule has 0 N–H and O–H groups in total. The van der Waals surface area contributed by atoms with Crippen LogP contribution in [0.2, 0.25) is 0 Å². The van der Waals surface area contributed by atoms with Crippen LogP contribution in [0.4, 0.5) is 17.1 Å². The number of allylic oxidation sites excluding steroid dienone is 1. The molecule has 6 aromatic carbocycles. The Kier molecular flexibility index (Phi) is 6.95. The molecule has 1 atom stereocenters. The number of hydrogen-bond donors (Lipinski definition) is 0. The van der Waals surface area contributed by atoms with Crippen LogP contribution in [-0.4, -0.2) is 0 Å². The molecule has 0 aliphatic carbocycles. The van der Waals surface area contributed by atoms with Gasteiger partial charge in [-0.05, 0) is 89.2 Å². The summed E-state index contributed by atoms with van der Waals surface area (Å²) in [6.07, 6.45) is 2.17. The van der Waals surface area contributed by atoms with Crippen LogP contribution in [0.1, 0.15) is 32.3 Å². The molecule has 2 heterocycles. The monoisotopic (exact) mass is 597 g/mol. The van der Waals surface area contributed by atoms with Crippen molar-refractivity contribution < 1.29 is 8.83 Å². The van der Waals surface area contributed by atoms with Gasteiger partial charge in [0.05, 0.1) is 0 Å². The van der Waals surface area contributed by atoms with Crippen LogP contribution in [0.3, 0.4) is 0 Å². The molecule has 0 aliphatic rings. The Bertz CT molecular complexity index is 2260. The third-order valence-corrected chi connectivity index (χ3v) is 9.26. The Morgan fingerprint density at radius 3 is 1.70 bits per heavy atom. The van der Waals surface area contributed by atoms with E-state index in [0.717, 1.165) is 73.8 Å². The molecule has 3 nitrogen and oxygen atoms in total. The molecular weight excluding hydrogens is 562 g/mol. The standard InChI is InChI=1S/C43H35NO2/c1-4-28(2)24-29(3)31-10-9-11-32(25-31)30-16-18-33(19-17-30)44(34-20-22-38-36-12-5-7-14-40(36)45-42(38)26-34)35-21-23-39-37-13-6-8-15-41(37)46-43(39)27-35/h5-23,25-28H,3-4,24H2,1-2H3. The van der Waals surface area contributed by atoms with Gasteiger partial charge < -0.3 is 13.7 Å². The number of fused-ring (bicyclic) bond motifs is 6. The lowest BCUT2D eigenvalue weighted by atomic mass is 9.93. The highest BCUT2D eigenvalue weighted by atomic mass is 16.3. The highest BCUT2D eigenvalue weighted by Gasteiger charge is 2.18. The van der Waals surface area contributed by atoms with Gasteiger partial charge in [0, 0.05) is 50.7 Å². The first-order chi connectivity index (χ1) is 22.6. The van der Waals surface area contributed by atoms with E-state index in [2.05, 4.69) is 135 Å². The molecule has 3 heteroatoms. The van der Waals surface area contributed by atoms with Crippen LogP contribution in [0, 0.1) is 5.92 Å².